The van der Waals surface area contributed by atoms with E-state index in [2.05, 4.69) is 10.4 Å². The van der Waals surface area contributed by atoms with Crippen LogP contribution in [0.25, 0.3) is 11.3 Å². The van der Waals surface area contributed by atoms with Gasteiger partial charge in [0.1, 0.15) is 17.4 Å². The first-order valence-electron chi connectivity index (χ1n) is 7.74. The van der Waals surface area contributed by atoms with E-state index < -0.39 is 0 Å². The normalized spacial score (nSPS) is 10.6. The summed E-state index contributed by atoms with van der Waals surface area (Å²) >= 11 is 0. The van der Waals surface area contributed by atoms with Crippen LogP contribution in [-0.2, 0) is 7.05 Å². The topological polar surface area (TPSA) is 56.1 Å². The second kappa shape index (κ2) is 6.76. The van der Waals surface area contributed by atoms with Crippen LogP contribution in [0.1, 0.15) is 15.9 Å². The minimum atomic E-state index is -0.306. The average Bonchev–Trinajstić information content (AvgIpc) is 2.96. The molecule has 3 rings (SSSR count). The third-order valence-corrected chi connectivity index (χ3v) is 3.92. The first-order chi connectivity index (χ1) is 12.0. The molecule has 0 aliphatic rings. The van der Waals surface area contributed by atoms with Gasteiger partial charge in [0, 0.05) is 18.7 Å². The molecule has 3 aromatic rings. The molecule has 0 unspecified atom stereocenters. The second-order valence-electron chi connectivity index (χ2n) is 5.66. The summed E-state index contributed by atoms with van der Waals surface area (Å²) in [5.74, 6) is 0.489. The van der Waals surface area contributed by atoms with Crippen LogP contribution < -0.4 is 10.1 Å². The number of para-hydroxylation sites is 1. The predicted octanol–water partition coefficient (Wildman–Crippen LogP) is 3.80. The number of amides is 1. The minimum Gasteiger partial charge on any atom is -0.496 e. The lowest BCUT2D eigenvalue weighted by Crippen LogP contribution is -2.15. The van der Waals surface area contributed by atoms with Crippen molar-refractivity contribution in [2.75, 3.05) is 12.4 Å². The van der Waals surface area contributed by atoms with Gasteiger partial charge >= 0.3 is 0 Å². The molecule has 0 aliphatic heterocycles. The molecule has 0 saturated heterocycles. The molecule has 128 valence electrons. The number of halogens is 1. The predicted molar refractivity (Wildman–Crippen MR) is 94.3 cm³/mol. The highest BCUT2D eigenvalue weighted by molar-refractivity contribution is 6.06. The van der Waals surface area contributed by atoms with Crippen molar-refractivity contribution >= 4 is 11.7 Å². The fourth-order valence-electron chi connectivity index (χ4n) is 2.63. The van der Waals surface area contributed by atoms with Crippen molar-refractivity contribution in [1.29, 1.82) is 0 Å². The van der Waals surface area contributed by atoms with Gasteiger partial charge in [-0.2, -0.15) is 5.10 Å². The summed E-state index contributed by atoms with van der Waals surface area (Å²) in [6.07, 6.45) is 0. The molecule has 6 heteroatoms. The van der Waals surface area contributed by atoms with E-state index in [4.69, 9.17) is 4.74 Å². The lowest BCUT2D eigenvalue weighted by molar-refractivity contribution is 0.102. The maximum Gasteiger partial charge on any atom is 0.260 e. The van der Waals surface area contributed by atoms with Gasteiger partial charge < -0.3 is 10.1 Å². The van der Waals surface area contributed by atoms with Gasteiger partial charge in [-0.25, -0.2) is 4.39 Å². The van der Waals surface area contributed by atoms with E-state index in [1.807, 2.05) is 13.0 Å². The highest BCUT2D eigenvalue weighted by atomic mass is 19.1. The standard InChI is InChI=1S/C19H18FN3O2/c1-12-5-4-6-15(18(12)25-3)19(24)21-17-11-16(22-23(17)2)13-7-9-14(20)10-8-13/h4-11H,1-3H3,(H,21,24). The van der Waals surface area contributed by atoms with E-state index in [-0.39, 0.29) is 11.7 Å². The largest absolute Gasteiger partial charge is 0.496 e. The number of carbonyl (C=O) groups is 1. The van der Waals surface area contributed by atoms with Crippen LogP contribution in [0.15, 0.2) is 48.5 Å². The van der Waals surface area contributed by atoms with Crippen molar-refractivity contribution in [2.45, 2.75) is 6.92 Å². The fourth-order valence-corrected chi connectivity index (χ4v) is 2.63. The quantitative estimate of drug-likeness (QED) is 0.787. The van der Waals surface area contributed by atoms with Crippen LogP contribution in [0.4, 0.5) is 10.2 Å². The van der Waals surface area contributed by atoms with Crippen molar-refractivity contribution in [3.63, 3.8) is 0 Å². The van der Waals surface area contributed by atoms with E-state index in [0.29, 0.717) is 22.8 Å². The average molecular weight is 339 g/mol. The van der Waals surface area contributed by atoms with Gasteiger partial charge in [-0.3, -0.25) is 9.48 Å². The Kier molecular flexibility index (Phi) is 4.52. The third-order valence-electron chi connectivity index (χ3n) is 3.92. The molecule has 25 heavy (non-hydrogen) atoms. The van der Waals surface area contributed by atoms with Crippen LogP contribution in [0, 0.1) is 12.7 Å². The highest BCUT2D eigenvalue weighted by Gasteiger charge is 2.16. The van der Waals surface area contributed by atoms with Crippen LogP contribution in [0.2, 0.25) is 0 Å². The Morgan fingerprint density at radius 1 is 1.20 bits per heavy atom. The summed E-state index contributed by atoms with van der Waals surface area (Å²) in [5.41, 5.74) is 2.75. The molecule has 0 atom stereocenters. The summed E-state index contributed by atoms with van der Waals surface area (Å²) in [7, 11) is 3.27. The molecular formula is C19H18FN3O2. The highest BCUT2D eigenvalue weighted by Crippen LogP contribution is 2.25. The SMILES string of the molecule is COc1c(C)cccc1C(=O)Nc1cc(-c2ccc(F)cc2)nn1C. The Hall–Kier alpha value is -3.15. The number of nitrogens with one attached hydrogen (secondary N) is 1. The number of methoxy groups -OCH3 is 1. The number of carbonyl (C=O) groups excluding carboxylic acids is 1. The van der Waals surface area contributed by atoms with Gasteiger partial charge in [0.2, 0.25) is 0 Å². The molecule has 0 fully saturated rings. The molecule has 0 bridgehead atoms. The van der Waals surface area contributed by atoms with Crippen LogP contribution in [0.5, 0.6) is 5.75 Å². The smallest absolute Gasteiger partial charge is 0.260 e. The summed E-state index contributed by atoms with van der Waals surface area (Å²) < 4.78 is 20.0. The second-order valence-corrected chi connectivity index (χ2v) is 5.66. The molecular weight excluding hydrogens is 321 g/mol. The third kappa shape index (κ3) is 3.38. The summed E-state index contributed by atoms with van der Waals surface area (Å²) in [6.45, 7) is 1.88. The first-order valence-corrected chi connectivity index (χ1v) is 7.74. The monoisotopic (exact) mass is 339 g/mol. The zero-order valence-corrected chi connectivity index (χ0v) is 14.2. The summed E-state index contributed by atoms with van der Waals surface area (Å²) in [5, 5.41) is 7.20. The van der Waals surface area contributed by atoms with E-state index in [9.17, 15) is 9.18 Å². The summed E-state index contributed by atoms with van der Waals surface area (Å²) in [6, 6.07) is 13.2. The lowest BCUT2D eigenvalue weighted by Gasteiger charge is -2.11. The Morgan fingerprint density at radius 2 is 1.92 bits per heavy atom. The Balaban J connectivity index is 1.88. The van der Waals surface area contributed by atoms with Crippen molar-refractivity contribution in [3.8, 4) is 17.0 Å². The molecule has 5 nitrogen and oxygen atoms in total. The van der Waals surface area contributed by atoms with Crippen molar-refractivity contribution in [2.24, 2.45) is 7.05 Å². The maximum absolute atomic E-state index is 13.1. The first kappa shape index (κ1) is 16.7. The Morgan fingerprint density at radius 3 is 2.60 bits per heavy atom. The number of anilines is 1. The van der Waals surface area contributed by atoms with Crippen molar-refractivity contribution < 1.29 is 13.9 Å². The van der Waals surface area contributed by atoms with Crippen LogP contribution in [0.3, 0.4) is 0 Å². The molecule has 2 aromatic carbocycles. The van der Waals surface area contributed by atoms with Gasteiger partial charge in [-0.05, 0) is 42.8 Å². The van der Waals surface area contributed by atoms with Crippen molar-refractivity contribution in [3.05, 3.63) is 65.5 Å². The van der Waals surface area contributed by atoms with E-state index >= 15 is 0 Å². The number of nitrogens with zero attached hydrogens (tertiary/aromatic N) is 2. The Bertz CT molecular complexity index is 917. The molecule has 0 radical (unpaired) electrons. The van der Waals surface area contributed by atoms with Crippen LogP contribution in [-0.4, -0.2) is 22.8 Å². The minimum absolute atomic E-state index is 0.283. The number of benzene rings is 2. The van der Waals surface area contributed by atoms with Crippen LogP contribution >= 0.6 is 0 Å². The molecule has 1 heterocycles. The Labute approximate surface area is 145 Å². The van der Waals surface area contributed by atoms with E-state index in [1.165, 1.54) is 19.2 Å². The van der Waals surface area contributed by atoms with Gasteiger partial charge in [-0.15, -0.1) is 0 Å². The summed E-state index contributed by atoms with van der Waals surface area (Å²) in [4.78, 5) is 12.6. The number of rotatable bonds is 4. The van der Waals surface area contributed by atoms with Gasteiger partial charge in [0.15, 0.2) is 0 Å². The van der Waals surface area contributed by atoms with Crippen molar-refractivity contribution in [1.82, 2.24) is 9.78 Å². The zero-order chi connectivity index (χ0) is 18.0. The molecule has 1 amide bonds. The molecule has 0 saturated carbocycles. The zero-order valence-electron chi connectivity index (χ0n) is 14.2. The molecule has 0 spiro atoms. The molecule has 1 N–H and O–H groups in total. The number of ether oxygens (including phenoxy) is 1. The number of hydrogen-bond donors (Lipinski definition) is 1. The molecule has 1 aromatic heterocycles. The molecule has 0 aliphatic carbocycles. The number of hydrogen-bond acceptors (Lipinski definition) is 3. The maximum atomic E-state index is 13.1. The lowest BCUT2D eigenvalue weighted by atomic mass is 10.1. The van der Waals surface area contributed by atoms with E-state index in [0.717, 1.165) is 11.1 Å². The fraction of sp³-hybridized carbons (Fsp3) is 0.158. The van der Waals surface area contributed by atoms with Gasteiger partial charge in [0.05, 0.1) is 18.4 Å². The van der Waals surface area contributed by atoms with E-state index in [1.54, 1.807) is 42.1 Å². The number of aromatic nitrogens is 2. The number of aryl methyl sites for hydroxylation is 2. The van der Waals surface area contributed by atoms with Gasteiger partial charge in [0.25, 0.3) is 5.91 Å². The van der Waals surface area contributed by atoms with Gasteiger partial charge in [-0.1, -0.05) is 12.1 Å².